The van der Waals surface area contributed by atoms with Crippen LogP contribution in [-0.2, 0) is 29.0 Å². The lowest BCUT2D eigenvalue weighted by molar-refractivity contribution is -0.162. The Bertz CT molecular complexity index is 1020. The van der Waals surface area contributed by atoms with Crippen LogP contribution in [-0.4, -0.2) is 102 Å². The molecule has 11 heteroatoms. The number of carboxylic acids is 1. The van der Waals surface area contributed by atoms with Gasteiger partial charge in [0, 0.05) is 33.3 Å². The van der Waals surface area contributed by atoms with Gasteiger partial charge < -0.3 is 14.7 Å². The third-order valence-corrected chi connectivity index (χ3v) is 11.3. The van der Waals surface area contributed by atoms with E-state index < -0.39 is 37.9 Å². The van der Waals surface area contributed by atoms with Gasteiger partial charge >= 0.3 is 5.97 Å². The molecule has 0 aromatic carbocycles. The van der Waals surface area contributed by atoms with Crippen LogP contribution in [0.25, 0.3) is 0 Å². The summed E-state index contributed by atoms with van der Waals surface area (Å²) in [5.41, 5.74) is 0.347. The van der Waals surface area contributed by atoms with Gasteiger partial charge in [0.05, 0.1) is 6.54 Å². The average molecular weight is 468 g/mol. The number of hydrogen-bond donors (Lipinski definition) is 1. The zero-order valence-corrected chi connectivity index (χ0v) is 19.2. The number of sulfone groups is 1. The van der Waals surface area contributed by atoms with Gasteiger partial charge in [0.15, 0.2) is 21.3 Å². The first-order chi connectivity index (χ1) is 15.1. The normalized spacial score (nSPS) is 35.2. The number of β-lactam (4-membered cyclic amide) rings is 1. The van der Waals surface area contributed by atoms with E-state index in [-0.39, 0.29) is 23.6 Å². The van der Waals surface area contributed by atoms with Gasteiger partial charge in [-0.05, 0) is 37.2 Å². The van der Waals surface area contributed by atoms with Crippen molar-refractivity contribution in [3.05, 3.63) is 11.3 Å². The van der Waals surface area contributed by atoms with E-state index >= 15 is 0 Å². The highest BCUT2D eigenvalue weighted by atomic mass is 32.2. The fourth-order valence-electron chi connectivity index (χ4n) is 6.70. The van der Waals surface area contributed by atoms with Gasteiger partial charge in [0.1, 0.15) is 10.4 Å². The van der Waals surface area contributed by atoms with E-state index in [1.54, 1.807) is 16.7 Å². The number of aliphatic carboxylic acids is 1. The molecule has 5 rings (SSSR count). The molecule has 3 aliphatic heterocycles. The number of piperazine rings is 1. The number of carbonyl (C=O) groups excluding carboxylic acids is 2. The Kier molecular flexibility index (Phi) is 4.78. The summed E-state index contributed by atoms with van der Waals surface area (Å²) in [4.78, 5) is 42.0. The zero-order valence-electron chi connectivity index (χ0n) is 18.4. The maximum atomic E-state index is 13.8. The quantitative estimate of drug-likeness (QED) is 0.564. The Morgan fingerprint density at radius 2 is 1.78 bits per heavy atom. The molecule has 2 saturated heterocycles. The molecule has 3 atom stereocenters. The van der Waals surface area contributed by atoms with Crippen LogP contribution >= 0.6 is 0 Å². The van der Waals surface area contributed by atoms with Crippen LogP contribution in [0.4, 0.5) is 0 Å². The van der Waals surface area contributed by atoms with Gasteiger partial charge in [-0.3, -0.25) is 24.2 Å². The Balaban J connectivity index is 1.52. The lowest BCUT2D eigenvalue weighted by atomic mass is 9.93. The monoisotopic (exact) mass is 467 g/mol. The van der Waals surface area contributed by atoms with E-state index in [9.17, 15) is 22.8 Å². The molecular weight excluding hydrogens is 438 g/mol. The van der Waals surface area contributed by atoms with Crippen LogP contribution < -0.4 is 0 Å². The average Bonchev–Trinajstić information content (AvgIpc) is 3.16. The SMILES string of the molecule is CO[C@H]1C(=O)N2C(C(=O)N3CCN(CC(=O)O)CC3)=C(C)C3(CC34CCCC4)S(=O)(=O)C12. The van der Waals surface area contributed by atoms with Crippen molar-refractivity contribution in [2.45, 2.75) is 55.3 Å². The highest BCUT2D eigenvalue weighted by Gasteiger charge is 2.81. The smallest absolute Gasteiger partial charge is 0.317 e. The number of fused-ring (bicyclic) bond motifs is 2. The molecule has 176 valence electrons. The molecule has 5 aliphatic rings. The number of nitrogens with zero attached hydrogens (tertiary/aromatic N) is 3. The fourth-order valence-corrected chi connectivity index (χ4v) is 9.96. The summed E-state index contributed by atoms with van der Waals surface area (Å²) in [6.07, 6.45) is 3.00. The summed E-state index contributed by atoms with van der Waals surface area (Å²) in [6, 6.07) is 0. The van der Waals surface area contributed by atoms with Crippen molar-refractivity contribution < 1.29 is 32.6 Å². The van der Waals surface area contributed by atoms with Gasteiger partial charge in [-0.15, -0.1) is 0 Å². The third-order valence-electron chi connectivity index (χ3n) is 8.35. The van der Waals surface area contributed by atoms with E-state index in [0.29, 0.717) is 38.2 Å². The maximum Gasteiger partial charge on any atom is 0.317 e. The van der Waals surface area contributed by atoms with E-state index in [0.717, 1.165) is 30.6 Å². The number of carboxylic acid groups (broad SMARTS) is 1. The van der Waals surface area contributed by atoms with Crippen molar-refractivity contribution in [3.63, 3.8) is 0 Å². The molecular formula is C21H29N3O7S. The molecule has 2 amide bonds. The summed E-state index contributed by atoms with van der Waals surface area (Å²) < 4.78 is 31.8. The number of methoxy groups -OCH3 is 1. The summed E-state index contributed by atoms with van der Waals surface area (Å²) in [6.45, 7) is 3.10. The van der Waals surface area contributed by atoms with Crippen LogP contribution in [0.3, 0.4) is 0 Å². The molecule has 1 N–H and O–H groups in total. The Hall–Kier alpha value is -1.98. The predicted molar refractivity (Wildman–Crippen MR) is 112 cm³/mol. The minimum atomic E-state index is -3.77. The zero-order chi connectivity index (χ0) is 23.1. The second-order valence-electron chi connectivity index (χ2n) is 9.73. The van der Waals surface area contributed by atoms with Crippen LogP contribution in [0.1, 0.15) is 39.0 Å². The van der Waals surface area contributed by atoms with E-state index in [4.69, 9.17) is 9.84 Å². The second-order valence-corrected chi connectivity index (χ2v) is 12.0. The lowest BCUT2D eigenvalue weighted by Crippen LogP contribution is -2.73. The van der Waals surface area contributed by atoms with Crippen LogP contribution in [0.2, 0.25) is 0 Å². The molecule has 10 nitrogen and oxygen atoms in total. The van der Waals surface area contributed by atoms with Crippen molar-refractivity contribution in [2.75, 3.05) is 39.8 Å². The molecule has 4 fully saturated rings. The van der Waals surface area contributed by atoms with Crippen molar-refractivity contribution in [3.8, 4) is 0 Å². The van der Waals surface area contributed by atoms with Gasteiger partial charge in [0.25, 0.3) is 11.8 Å². The minimum absolute atomic E-state index is 0.0875. The topological polar surface area (TPSA) is 125 Å². The van der Waals surface area contributed by atoms with Crippen LogP contribution in [0.5, 0.6) is 0 Å². The van der Waals surface area contributed by atoms with Crippen molar-refractivity contribution in [1.82, 2.24) is 14.7 Å². The first-order valence-corrected chi connectivity index (χ1v) is 12.7. The van der Waals surface area contributed by atoms with E-state index in [1.807, 2.05) is 0 Å². The molecule has 2 saturated carbocycles. The highest BCUT2D eigenvalue weighted by molar-refractivity contribution is 7.94. The van der Waals surface area contributed by atoms with Crippen molar-refractivity contribution in [1.29, 1.82) is 0 Å². The Morgan fingerprint density at radius 3 is 2.34 bits per heavy atom. The lowest BCUT2D eigenvalue weighted by Gasteiger charge is -2.52. The molecule has 2 aliphatic carbocycles. The van der Waals surface area contributed by atoms with E-state index in [1.165, 1.54) is 7.11 Å². The number of hydrogen-bond acceptors (Lipinski definition) is 7. The number of carbonyl (C=O) groups is 3. The third kappa shape index (κ3) is 2.58. The summed E-state index contributed by atoms with van der Waals surface area (Å²) >= 11 is 0. The summed E-state index contributed by atoms with van der Waals surface area (Å²) in [5.74, 6) is -1.76. The Morgan fingerprint density at radius 1 is 1.16 bits per heavy atom. The second kappa shape index (κ2) is 7.01. The molecule has 0 aromatic heterocycles. The fraction of sp³-hybridized carbons (Fsp3) is 0.762. The maximum absolute atomic E-state index is 13.8. The molecule has 2 unspecified atom stereocenters. The summed E-state index contributed by atoms with van der Waals surface area (Å²) in [5, 5.41) is 7.84. The largest absolute Gasteiger partial charge is 0.480 e. The minimum Gasteiger partial charge on any atom is -0.480 e. The van der Waals surface area contributed by atoms with Crippen LogP contribution in [0.15, 0.2) is 11.3 Å². The number of amides is 2. The highest BCUT2D eigenvalue weighted by Crippen LogP contribution is 2.75. The van der Waals surface area contributed by atoms with Crippen molar-refractivity contribution >= 4 is 27.6 Å². The summed E-state index contributed by atoms with van der Waals surface area (Å²) in [7, 11) is -2.44. The molecule has 0 aromatic rings. The van der Waals surface area contributed by atoms with Gasteiger partial charge in [-0.25, -0.2) is 8.42 Å². The molecule has 3 heterocycles. The van der Waals surface area contributed by atoms with Crippen LogP contribution in [0, 0.1) is 5.41 Å². The first-order valence-electron chi connectivity index (χ1n) is 11.2. The van der Waals surface area contributed by atoms with Gasteiger partial charge in [-0.1, -0.05) is 12.8 Å². The molecule has 2 spiro atoms. The molecule has 0 bridgehead atoms. The molecule has 32 heavy (non-hydrogen) atoms. The number of ether oxygens (including phenoxy) is 1. The standard InChI is InChI=1S/C21H29N3O7S/c1-13-15(17(27)23-9-7-22(8-10-23)11-14(25)26)24-18(28)16(31-2)19(24)32(29,30)21(13)12-20(21)5-3-4-6-20/h16,19H,3-12H2,1-2H3,(H,25,26)/t16-,19?,21?/m0/s1. The molecule has 0 radical (unpaired) electrons. The van der Waals surface area contributed by atoms with Gasteiger partial charge in [0.2, 0.25) is 0 Å². The van der Waals surface area contributed by atoms with Gasteiger partial charge in [-0.2, -0.15) is 0 Å². The number of rotatable bonds is 4. The van der Waals surface area contributed by atoms with E-state index in [2.05, 4.69) is 0 Å². The predicted octanol–water partition coefficient (Wildman–Crippen LogP) is -0.196. The first kappa shape index (κ1) is 21.8. The van der Waals surface area contributed by atoms with Crippen molar-refractivity contribution in [2.24, 2.45) is 5.41 Å². The Labute approximate surface area is 187 Å².